The topological polar surface area (TPSA) is 71.2 Å². The van der Waals surface area contributed by atoms with Gasteiger partial charge in [0.2, 0.25) is 0 Å². The van der Waals surface area contributed by atoms with Crippen molar-refractivity contribution in [1.82, 2.24) is 19.9 Å². The molecule has 1 amide bonds. The Kier molecular flexibility index (Phi) is 3.70. The van der Waals surface area contributed by atoms with Crippen LogP contribution in [0.3, 0.4) is 0 Å². The van der Waals surface area contributed by atoms with Gasteiger partial charge in [-0.1, -0.05) is 12.1 Å². The molecule has 2 heterocycles. The summed E-state index contributed by atoms with van der Waals surface area (Å²) in [4.78, 5) is 16.0. The number of para-hydroxylation sites is 1. The monoisotopic (exact) mass is 286 g/mol. The van der Waals surface area contributed by atoms with Gasteiger partial charge in [-0.2, -0.15) is 15.0 Å². The fraction of sp³-hybridized carbons (Fsp3) is 0.400. The van der Waals surface area contributed by atoms with Crippen LogP contribution < -0.4 is 0 Å². The van der Waals surface area contributed by atoms with E-state index in [-0.39, 0.29) is 11.9 Å². The van der Waals surface area contributed by atoms with Crippen LogP contribution in [0.5, 0.6) is 0 Å². The summed E-state index contributed by atoms with van der Waals surface area (Å²) in [5.41, 5.74) is 1.20. The van der Waals surface area contributed by atoms with Gasteiger partial charge in [-0.3, -0.25) is 4.79 Å². The average molecular weight is 286 g/mol. The molecule has 1 saturated heterocycles. The largest absolute Gasteiger partial charge is 0.391 e. The lowest BCUT2D eigenvalue weighted by Gasteiger charge is -2.36. The molecule has 2 atom stereocenters. The minimum Gasteiger partial charge on any atom is -0.391 e. The van der Waals surface area contributed by atoms with Crippen molar-refractivity contribution in [3.05, 3.63) is 42.2 Å². The molecule has 1 aromatic heterocycles. The molecule has 0 spiro atoms. The number of hydrogen-bond acceptors (Lipinski definition) is 4. The molecule has 0 radical (unpaired) electrons. The molecule has 0 saturated carbocycles. The highest BCUT2D eigenvalue weighted by Crippen LogP contribution is 2.22. The zero-order valence-corrected chi connectivity index (χ0v) is 11.9. The lowest BCUT2D eigenvalue weighted by molar-refractivity contribution is 0.0309. The van der Waals surface area contributed by atoms with Gasteiger partial charge < -0.3 is 10.0 Å². The third-order valence-corrected chi connectivity index (χ3v) is 3.89. The minimum absolute atomic E-state index is 0.0887. The molecule has 21 heavy (non-hydrogen) atoms. The first-order valence-corrected chi connectivity index (χ1v) is 7.11. The van der Waals surface area contributed by atoms with E-state index in [2.05, 4.69) is 10.2 Å². The summed E-state index contributed by atoms with van der Waals surface area (Å²) in [6.45, 7) is 2.39. The smallest absolute Gasteiger partial charge is 0.256 e. The van der Waals surface area contributed by atoms with Crippen LogP contribution in [0.4, 0.5) is 0 Å². The number of carbonyl (C=O) groups excluding carboxylic acids is 1. The number of benzene rings is 1. The van der Waals surface area contributed by atoms with E-state index in [0.29, 0.717) is 17.8 Å². The molecule has 1 aliphatic rings. The number of hydrogen-bond donors (Lipinski definition) is 1. The number of piperidine rings is 1. The molecule has 6 nitrogen and oxygen atoms in total. The van der Waals surface area contributed by atoms with E-state index >= 15 is 0 Å². The Morgan fingerprint density at radius 3 is 2.71 bits per heavy atom. The number of likely N-dealkylation sites (tertiary alicyclic amines) is 1. The first-order valence-electron chi connectivity index (χ1n) is 7.11. The first kappa shape index (κ1) is 13.8. The van der Waals surface area contributed by atoms with E-state index in [0.717, 1.165) is 12.8 Å². The lowest BCUT2D eigenvalue weighted by atomic mass is 10.00. The maximum Gasteiger partial charge on any atom is 0.256 e. The van der Waals surface area contributed by atoms with Crippen LogP contribution >= 0.6 is 0 Å². The van der Waals surface area contributed by atoms with Crippen molar-refractivity contribution in [2.45, 2.75) is 31.9 Å². The van der Waals surface area contributed by atoms with Gasteiger partial charge in [0.05, 0.1) is 29.7 Å². The van der Waals surface area contributed by atoms with Gasteiger partial charge >= 0.3 is 0 Å². The fourth-order valence-corrected chi connectivity index (χ4v) is 2.69. The average Bonchev–Trinajstić information content (AvgIpc) is 3.03. The van der Waals surface area contributed by atoms with E-state index < -0.39 is 6.10 Å². The summed E-state index contributed by atoms with van der Waals surface area (Å²) in [5.74, 6) is -0.0887. The maximum absolute atomic E-state index is 12.8. The third kappa shape index (κ3) is 2.67. The number of amides is 1. The summed E-state index contributed by atoms with van der Waals surface area (Å²) in [6, 6.07) is 7.39. The Hall–Kier alpha value is -2.21. The van der Waals surface area contributed by atoms with Crippen LogP contribution in [0.15, 0.2) is 36.7 Å². The molecule has 1 aliphatic heterocycles. The zero-order valence-electron chi connectivity index (χ0n) is 11.9. The Balaban J connectivity index is 1.95. The van der Waals surface area contributed by atoms with Crippen LogP contribution in [0.25, 0.3) is 5.69 Å². The molecule has 0 bridgehead atoms. The molecule has 1 N–H and O–H groups in total. The van der Waals surface area contributed by atoms with E-state index in [9.17, 15) is 9.90 Å². The van der Waals surface area contributed by atoms with Crippen LogP contribution in [-0.2, 0) is 0 Å². The molecule has 2 aromatic rings. The van der Waals surface area contributed by atoms with Crippen molar-refractivity contribution < 1.29 is 9.90 Å². The lowest BCUT2D eigenvalue weighted by Crippen LogP contribution is -2.47. The zero-order chi connectivity index (χ0) is 14.8. The van der Waals surface area contributed by atoms with E-state index in [4.69, 9.17) is 0 Å². The van der Waals surface area contributed by atoms with Gasteiger partial charge in [-0.25, -0.2) is 0 Å². The minimum atomic E-state index is -0.444. The second kappa shape index (κ2) is 5.65. The summed E-state index contributed by atoms with van der Waals surface area (Å²) in [6.07, 6.45) is 4.27. The van der Waals surface area contributed by atoms with Crippen molar-refractivity contribution in [2.24, 2.45) is 0 Å². The van der Waals surface area contributed by atoms with Crippen molar-refractivity contribution in [3.63, 3.8) is 0 Å². The number of rotatable bonds is 2. The molecular weight excluding hydrogens is 268 g/mol. The van der Waals surface area contributed by atoms with Crippen LogP contribution in [0.2, 0.25) is 0 Å². The molecule has 2 unspecified atom stereocenters. The van der Waals surface area contributed by atoms with Crippen molar-refractivity contribution in [1.29, 1.82) is 0 Å². The van der Waals surface area contributed by atoms with Crippen molar-refractivity contribution in [2.75, 3.05) is 6.54 Å². The van der Waals surface area contributed by atoms with Gasteiger partial charge in [0, 0.05) is 12.6 Å². The highest BCUT2D eigenvalue weighted by molar-refractivity contribution is 5.98. The highest BCUT2D eigenvalue weighted by Gasteiger charge is 2.30. The predicted molar refractivity (Wildman–Crippen MR) is 77.1 cm³/mol. The number of nitrogens with zero attached hydrogens (tertiary/aromatic N) is 4. The van der Waals surface area contributed by atoms with Gasteiger partial charge in [-0.15, -0.1) is 0 Å². The van der Waals surface area contributed by atoms with Gasteiger partial charge in [0.25, 0.3) is 5.91 Å². The van der Waals surface area contributed by atoms with E-state index in [1.54, 1.807) is 23.4 Å². The molecule has 6 heteroatoms. The second-order valence-electron chi connectivity index (χ2n) is 5.37. The SMILES string of the molecule is CC1CCC(O)CN1C(=O)c1ccccc1-n1nccn1. The van der Waals surface area contributed by atoms with Crippen LogP contribution in [-0.4, -0.2) is 49.6 Å². The Morgan fingerprint density at radius 1 is 1.24 bits per heavy atom. The Bertz CT molecular complexity index is 626. The summed E-state index contributed by atoms with van der Waals surface area (Å²) in [5, 5.41) is 18.0. The van der Waals surface area contributed by atoms with Gasteiger partial charge in [0.1, 0.15) is 0 Å². The number of aromatic nitrogens is 3. The quantitative estimate of drug-likeness (QED) is 0.902. The number of aliphatic hydroxyl groups is 1. The van der Waals surface area contributed by atoms with Crippen LogP contribution in [0, 0.1) is 0 Å². The summed E-state index contributed by atoms with van der Waals surface area (Å²) in [7, 11) is 0. The highest BCUT2D eigenvalue weighted by atomic mass is 16.3. The van der Waals surface area contributed by atoms with Gasteiger partial charge in [-0.05, 0) is 31.9 Å². The summed E-state index contributed by atoms with van der Waals surface area (Å²) >= 11 is 0. The standard InChI is InChI=1S/C15H18N4O2/c1-11-6-7-12(20)10-18(11)15(21)13-4-2-3-5-14(13)19-16-8-9-17-19/h2-5,8-9,11-12,20H,6-7,10H2,1H3. The third-order valence-electron chi connectivity index (χ3n) is 3.89. The van der Waals surface area contributed by atoms with E-state index in [1.807, 2.05) is 25.1 Å². The first-order chi connectivity index (χ1) is 10.2. The van der Waals surface area contributed by atoms with Crippen LogP contribution in [0.1, 0.15) is 30.1 Å². The van der Waals surface area contributed by atoms with Gasteiger partial charge in [0.15, 0.2) is 0 Å². The van der Waals surface area contributed by atoms with Crippen molar-refractivity contribution >= 4 is 5.91 Å². The normalized spacial score (nSPS) is 22.3. The number of β-amino-alcohol motifs (C(OH)–C–C–N with tert-alkyl or cyclic N) is 1. The maximum atomic E-state index is 12.8. The molecule has 3 rings (SSSR count). The summed E-state index contributed by atoms with van der Waals surface area (Å²) < 4.78 is 0. The second-order valence-corrected chi connectivity index (χ2v) is 5.37. The van der Waals surface area contributed by atoms with Crippen molar-refractivity contribution in [3.8, 4) is 5.69 Å². The Morgan fingerprint density at radius 2 is 1.95 bits per heavy atom. The molecule has 110 valence electrons. The predicted octanol–water partition coefficient (Wildman–Crippen LogP) is 1.25. The number of carbonyl (C=O) groups is 1. The Labute approximate surface area is 123 Å². The molecule has 0 aliphatic carbocycles. The molecule has 1 aromatic carbocycles. The number of aliphatic hydroxyl groups excluding tert-OH is 1. The van der Waals surface area contributed by atoms with E-state index in [1.165, 1.54) is 4.80 Å². The molecule has 1 fully saturated rings. The fourth-order valence-electron chi connectivity index (χ4n) is 2.69. The molecular formula is C15H18N4O2.